The van der Waals surface area contributed by atoms with Gasteiger partial charge in [0.15, 0.2) is 0 Å². The number of likely N-dealkylation sites (N-methyl/N-ethyl adjacent to an activating group) is 1. The molecule has 1 saturated carbocycles. The predicted octanol–water partition coefficient (Wildman–Crippen LogP) is 3.40. The van der Waals surface area contributed by atoms with Crippen molar-refractivity contribution >= 4 is 11.8 Å². The average Bonchev–Trinajstić information content (AvgIpc) is 2.90. The van der Waals surface area contributed by atoms with E-state index in [1.165, 1.54) is 6.42 Å². The van der Waals surface area contributed by atoms with Gasteiger partial charge in [-0.15, -0.1) is 0 Å². The van der Waals surface area contributed by atoms with Crippen LogP contribution in [-0.4, -0.2) is 75.6 Å². The number of carbonyl (C=O) groups excluding carboxylic acids is 2. The molecule has 4 rings (SSSR count). The third-order valence-electron chi connectivity index (χ3n) is 7.32. The van der Waals surface area contributed by atoms with E-state index in [1.807, 2.05) is 33.0 Å². The van der Waals surface area contributed by atoms with Crippen LogP contribution in [-0.2, 0) is 4.79 Å². The lowest BCUT2D eigenvalue weighted by Crippen LogP contribution is -2.51. The van der Waals surface area contributed by atoms with Gasteiger partial charge in [-0.05, 0) is 43.5 Å². The lowest BCUT2D eigenvalue weighted by Gasteiger charge is -2.38. The largest absolute Gasteiger partial charge is 0.472 e. The molecule has 0 bridgehead atoms. The summed E-state index contributed by atoms with van der Waals surface area (Å²) in [6.07, 6.45) is 10.1. The van der Waals surface area contributed by atoms with Crippen molar-refractivity contribution in [3.63, 3.8) is 0 Å². The maximum atomic E-state index is 13.6. The average molecular weight is 481 g/mol. The van der Waals surface area contributed by atoms with E-state index < -0.39 is 0 Å². The molecule has 2 aromatic heterocycles. The zero-order valence-electron chi connectivity index (χ0n) is 20.9. The highest BCUT2D eigenvalue weighted by Gasteiger charge is 2.35. The fourth-order valence-electron chi connectivity index (χ4n) is 5.04. The van der Waals surface area contributed by atoms with Gasteiger partial charge in [-0.3, -0.25) is 14.6 Å². The zero-order valence-corrected chi connectivity index (χ0v) is 20.9. The van der Waals surface area contributed by atoms with Crippen LogP contribution < -0.4 is 4.74 Å². The second kappa shape index (κ2) is 11.2. The minimum Gasteiger partial charge on any atom is -0.472 e. The topological polar surface area (TPSA) is 95.9 Å². The highest BCUT2D eigenvalue weighted by atomic mass is 16.5. The summed E-state index contributed by atoms with van der Waals surface area (Å²) in [7, 11) is 1.84. The third kappa shape index (κ3) is 5.64. The van der Waals surface area contributed by atoms with E-state index >= 15 is 0 Å². The summed E-state index contributed by atoms with van der Waals surface area (Å²) < 4.78 is 6.35. The second-order valence-corrected chi connectivity index (χ2v) is 9.99. The van der Waals surface area contributed by atoms with E-state index in [0.29, 0.717) is 18.7 Å². The highest BCUT2D eigenvalue weighted by molar-refractivity contribution is 5.98. The van der Waals surface area contributed by atoms with Gasteiger partial charge in [0.1, 0.15) is 11.7 Å². The van der Waals surface area contributed by atoms with Gasteiger partial charge >= 0.3 is 0 Å². The molecular weight excluding hydrogens is 444 g/mol. The molecule has 1 aliphatic carbocycles. The normalized spacial score (nSPS) is 21.9. The van der Waals surface area contributed by atoms with E-state index in [4.69, 9.17) is 4.74 Å². The number of aromatic nitrogens is 2. The van der Waals surface area contributed by atoms with E-state index in [0.717, 1.165) is 36.8 Å². The molecular formula is C27H36N4O4. The van der Waals surface area contributed by atoms with Crippen LogP contribution in [0, 0.1) is 11.8 Å². The number of aliphatic hydroxyl groups excluding tert-OH is 1. The number of pyridine rings is 2. The van der Waals surface area contributed by atoms with Crippen molar-refractivity contribution in [1.29, 1.82) is 0 Å². The maximum absolute atomic E-state index is 13.6. The van der Waals surface area contributed by atoms with Gasteiger partial charge in [0.25, 0.3) is 5.91 Å². The van der Waals surface area contributed by atoms with Crippen LogP contribution in [0.1, 0.15) is 56.3 Å². The van der Waals surface area contributed by atoms with Crippen LogP contribution in [0.15, 0.2) is 36.8 Å². The lowest BCUT2D eigenvalue weighted by atomic mass is 9.88. The van der Waals surface area contributed by atoms with Crippen molar-refractivity contribution in [2.45, 2.75) is 58.1 Å². The summed E-state index contributed by atoms with van der Waals surface area (Å²) in [6, 6.07) is 5.16. The molecule has 8 nitrogen and oxygen atoms in total. The molecule has 188 valence electrons. The Hall–Kier alpha value is -3.00. The minimum absolute atomic E-state index is 0.0654. The smallest absolute Gasteiger partial charge is 0.259 e. The Kier molecular flexibility index (Phi) is 8.00. The molecule has 2 aliphatic rings. The van der Waals surface area contributed by atoms with E-state index in [1.54, 1.807) is 34.5 Å². The number of hydrogen-bond acceptors (Lipinski definition) is 6. The van der Waals surface area contributed by atoms with Gasteiger partial charge < -0.3 is 19.6 Å². The van der Waals surface area contributed by atoms with Gasteiger partial charge in [-0.2, -0.15) is 0 Å². The number of nitrogens with zero attached hydrogens (tertiary/aromatic N) is 4. The van der Waals surface area contributed by atoms with Crippen molar-refractivity contribution in [1.82, 2.24) is 19.8 Å². The van der Waals surface area contributed by atoms with Crippen LogP contribution in [0.5, 0.6) is 5.88 Å². The fourth-order valence-corrected chi connectivity index (χ4v) is 5.04. The molecule has 0 aromatic carbocycles. The van der Waals surface area contributed by atoms with Gasteiger partial charge in [-0.1, -0.05) is 26.2 Å². The van der Waals surface area contributed by atoms with Crippen molar-refractivity contribution in [3.8, 4) is 17.0 Å². The number of hydrogen-bond donors (Lipinski definition) is 1. The van der Waals surface area contributed by atoms with Crippen molar-refractivity contribution in [2.24, 2.45) is 11.8 Å². The molecule has 3 heterocycles. The first kappa shape index (κ1) is 25.1. The first-order valence-corrected chi connectivity index (χ1v) is 12.6. The zero-order chi connectivity index (χ0) is 24.9. The van der Waals surface area contributed by atoms with Crippen molar-refractivity contribution in [2.75, 3.05) is 26.7 Å². The summed E-state index contributed by atoms with van der Waals surface area (Å²) in [4.78, 5) is 38.8. The number of amides is 2. The molecule has 0 radical (unpaired) electrons. The fraction of sp³-hybridized carbons (Fsp3) is 0.556. The van der Waals surface area contributed by atoms with Crippen LogP contribution in [0.4, 0.5) is 0 Å². The van der Waals surface area contributed by atoms with Crippen LogP contribution >= 0.6 is 0 Å². The van der Waals surface area contributed by atoms with E-state index in [-0.39, 0.29) is 48.3 Å². The Morgan fingerprint density at radius 2 is 1.94 bits per heavy atom. The van der Waals surface area contributed by atoms with E-state index in [2.05, 4.69) is 9.97 Å². The first-order valence-electron chi connectivity index (χ1n) is 12.6. The molecule has 1 aliphatic heterocycles. The summed E-state index contributed by atoms with van der Waals surface area (Å²) in [5.41, 5.74) is 2.04. The van der Waals surface area contributed by atoms with Gasteiger partial charge in [0.05, 0.1) is 19.2 Å². The number of aliphatic hydroxyl groups is 1. The van der Waals surface area contributed by atoms with E-state index in [9.17, 15) is 14.7 Å². The predicted molar refractivity (Wildman–Crippen MR) is 133 cm³/mol. The Bertz CT molecular complexity index is 1030. The Morgan fingerprint density at radius 1 is 1.23 bits per heavy atom. The van der Waals surface area contributed by atoms with Crippen molar-refractivity contribution < 1.29 is 19.4 Å². The lowest BCUT2D eigenvalue weighted by molar-refractivity contribution is -0.136. The Balaban J connectivity index is 1.64. The monoisotopic (exact) mass is 480 g/mol. The molecule has 0 saturated heterocycles. The SMILES string of the molecule is C[C@@H]1CN([C@@H](C)CO)C(=O)c2cc(-c3ccncc3)cnc2O[C@H]1CN(C)C(=O)C1CCCCC1. The first-order chi connectivity index (χ1) is 16.9. The van der Waals surface area contributed by atoms with Crippen LogP contribution in [0.3, 0.4) is 0 Å². The molecule has 8 heteroatoms. The number of ether oxygens (including phenoxy) is 1. The van der Waals surface area contributed by atoms with Gasteiger partial charge in [0.2, 0.25) is 11.8 Å². The van der Waals surface area contributed by atoms with Gasteiger partial charge in [0, 0.05) is 49.6 Å². The molecule has 3 atom stereocenters. The molecule has 2 amide bonds. The Morgan fingerprint density at radius 3 is 2.63 bits per heavy atom. The van der Waals surface area contributed by atoms with Crippen molar-refractivity contribution in [3.05, 3.63) is 42.4 Å². The summed E-state index contributed by atoms with van der Waals surface area (Å²) in [5, 5.41) is 9.86. The molecule has 1 fully saturated rings. The van der Waals surface area contributed by atoms with Gasteiger partial charge in [-0.25, -0.2) is 4.98 Å². The third-order valence-corrected chi connectivity index (χ3v) is 7.32. The summed E-state index contributed by atoms with van der Waals surface area (Å²) >= 11 is 0. The molecule has 0 spiro atoms. The molecule has 1 N–H and O–H groups in total. The number of carbonyl (C=O) groups is 2. The second-order valence-electron chi connectivity index (χ2n) is 9.99. The quantitative estimate of drug-likeness (QED) is 0.681. The Labute approximate surface area is 207 Å². The van der Waals surface area contributed by atoms with Crippen LogP contribution in [0.2, 0.25) is 0 Å². The number of fused-ring (bicyclic) bond motifs is 1. The molecule has 2 aromatic rings. The number of rotatable bonds is 6. The standard InChI is InChI=1S/C27H36N4O4/c1-18-15-31(19(2)17-32)27(34)23-13-22(20-9-11-28-12-10-20)14-29-25(23)35-24(18)16-30(3)26(33)21-7-5-4-6-8-21/h9-14,18-19,21,24,32H,4-8,15-17H2,1-3H3/t18-,19+,24+/m1/s1. The van der Waals surface area contributed by atoms with Crippen LogP contribution in [0.25, 0.3) is 11.1 Å². The maximum Gasteiger partial charge on any atom is 0.259 e. The summed E-state index contributed by atoms with van der Waals surface area (Å²) in [5.74, 6) is 0.225. The molecule has 0 unspecified atom stereocenters. The minimum atomic E-state index is -0.359. The molecule has 35 heavy (non-hydrogen) atoms. The highest BCUT2D eigenvalue weighted by Crippen LogP contribution is 2.31. The summed E-state index contributed by atoms with van der Waals surface area (Å²) in [6.45, 7) is 4.54.